The lowest BCUT2D eigenvalue weighted by molar-refractivity contribution is 0.131. The van der Waals surface area contributed by atoms with Crippen LogP contribution in [0.4, 0.5) is 4.79 Å². The molecule has 0 saturated carbocycles. The van der Waals surface area contributed by atoms with E-state index in [2.05, 4.69) is 15.0 Å². The first-order valence-corrected chi connectivity index (χ1v) is 11.2. The van der Waals surface area contributed by atoms with Crippen LogP contribution >= 0.6 is 10.6 Å². The van der Waals surface area contributed by atoms with Crippen LogP contribution in [-0.4, -0.2) is 82.4 Å². The van der Waals surface area contributed by atoms with E-state index in [-0.39, 0.29) is 11.5 Å². The highest BCUT2D eigenvalue weighted by atomic mass is 32.3. The maximum absolute atomic E-state index is 12.3. The van der Waals surface area contributed by atoms with E-state index in [4.69, 9.17) is 5.11 Å². The minimum Gasteiger partial charge on any atom is -0.465 e. The molecule has 11 heteroatoms. The van der Waals surface area contributed by atoms with Crippen molar-refractivity contribution in [3.05, 3.63) is 33.9 Å². The molecule has 0 atom stereocenters. The van der Waals surface area contributed by atoms with Gasteiger partial charge in [-0.2, -0.15) is 15.7 Å². The van der Waals surface area contributed by atoms with Crippen molar-refractivity contribution < 1.29 is 19.0 Å². The van der Waals surface area contributed by atoms with Gasteiger partial charge in [0.25, 0.3) is 5.56 Å². The molecule has 0 unspecified atom stereocenters. The summed E-state index contributed by atoms with van der Waals surface area (Å²) in [5.41, 5.74) is 2.15. The number of nitrogens with zero attached hydrogens (tertiary/aromatic N) is 4. The quantitative estimate of drug-likeness (QED) is 0.600. The molecule has 1 amide bonds. The molecule has 2 aromatic heterocycles. The molecule has 2 aliphatic heterocycles. The maximum atomic E-state index is 12.3. The number of aromatic nitrogens is 3. The first kappa shape index (κ1) is 19.2. The summed E-state index contributed by atoms with van der Waals surface area (Å²) in [6.45, 7) is 2.66. The van der Waals surface area contributed by atoms with Gasteiger partial charge < -0.3 is 15.0 Å². The Morgan fingerprint density at radius 3 is 2.54 bits per heavy atom. The lowest BCUT2D eigenvalue weighted by atomic mass is 9.93. The minimum atomic E-state index is -2.44. The zero-order valence-electron chi connectivity index (χ0n) is 15.5. The second-order valence-corrected chi connectivity index (χ2v) is 9.94. The lowest BCUT2D eigenvalue weighted by Crippen LogP contribution is -2.38. The second-order valence-electron chi connectivity index (χ2n) is 7.52. The van der Waals surface area contributed by atoms with Crippen molar-refractivity contribution in [1.29, 1.82) is 0 Å². The van der Waals surface area contributed by atoms with E-state index in [9.17, 15) is 18.7 Å². The topological polar surface area (TPSA) is 134 Å². The third kappa shape index (κ3) is 3.88. The van der Waals surface area contributed by atoms with Crippen LogP contribution in [0.5, 0.6) is 0 Å². The summed E-state index contributed by atoms with van der Waals surface area (Å²) < 4.78 is 21.3. The molecule has 10 nitrogen and oxygen atoms in total. The van der Waals surface area contributed by atoms with Crippen LogP contribution in [0.25, 0.3) is 5.65 Å². The predicted octanol–water partition coefficient (Wildman–Crippen LogP) is 1.45. The average Bonchev–Trinajstić information content (AvgIpc) is 3.05. The predicted molar refractivity (Wildman–Crippen MR) is 105 cm³/mol. The monoisotopic (exact) mass is 411 g/mol. The molecule has 4 N–H and O–H groups in total. The Morgan fingerprint density at radius 2 is 1.89 bits per heavy atom. The summed E-state index contributed by atoms with van der Waals surface area (Å²) >= 11 is 0. The molecule has 0 radical (unpaired) electrons. The number of rotatable bonds is 3. The highest BCUT2D eigenvalue weighted by Crippen LogP contribution is 2.40. The van der Waals surface area contributed by atoms with Crippen LogP contribution in [0.15, 0.2) is 17.1 Å². The summed E-state index contributed by atoms with van der Waals surface area (Å²) in [6, 6.07) is 1.56. The zero-order valence-corrected chi connectivity index (χ0v) is 16.3. The summed E-state index contributed by atoms with van der Waals surface area (Å²) in [4.78, 5) is 29.8. The Labute approximate surface area is 163 Å². The van der Waals surface area contributed by atoms with Crippen LogP contribution in [0.1, 0.15) is 30.0 Å². The summed E-state index contributed by atoms with van der Waals surface area (Å²) in [7, 11) is -2.44. The van der Waals surface area contributed by atoms with Gasteiger partial charge in [0, 0.05) is 50.3 Å². The van der Waals surface area contributed by atoms with Crippen molar-refractivity contribution in [1.82, 2.24) is 24.4 Å². The number of piperidine rings is 1. The van der Waals surface area contributed by atoms with E-state index in [0.29, 0.717) is 62.7 Å². The van der Waals surface area contributed by atoms with Crippen molar-refractivity contribution in [2.45, 2.75) is 25.3 Å². The SMILES string of the molecule is O=C(O)N1CCC(c2cc(=O)[nH]c3c(CN4CCS(O)(O)CC4)cnn23)CC1. The standard InChI is InChI=1S/C17H25N5O5S/c23-15-9-14(12-1-3-21(4-2-12)17(24)25)22-16(19-15)13(10-18-22)11-20-5-7-28(26,27)8-6-20/h9-10,12,26-27H,1-8,11H2,(H,19,23)(H,24,25). The van der Waals surface area contributed by atoms with Gasteiger partial charge >= 0.3 is 6.09 Å². The van der Waals surface area contributed by atoms with Gasteiger partial charge in [0.2, 0.25) is 0 Å². The van der Waals surface area contributed by atoms with Crippen molar-refractivity contribution in [2.24, 2.45) is 0 Å². The van der Waals surface area contributed by atoms with Crippen molar-refractivity contribution in [2.75, 3.05) is 37.7 Å². The molecular formula is C17H25N5O5S. The lowest BCUT2D eigenvalue weighted by Gasteiger charge is -2.40. The van der Waals surface area contributed by atoms with E-state index in [0.717, 1.165) is 11.3 Å². The number of H-pyrrole nitrogens is 1. The molecule has 0 bridgehead atoms. The van der Waals surface area contributed by atoms with Gasteiger partial charge in [-0.1, -0.05) is 0 Å². The van der Waals surface area contributed by atoms with Gasteiger partial charge in [0.15, 0.2) is 0 Å². The molecular weight excluding hydrogens is 386 g/mol. The van der Waals surface area contributed by atoms with Gasteiger partial charge in [-0.3, -0.25) is 18.8 Å². The number of likely N-dealkylation sites (tertiary alicyclic amines) is 1. The first-order chi connectivity index (χ1) is 13.3. The van der Waals surface area contributed by atoms with E-state index < -0.39 is 16.7 Å². The molecule has 4 rings (SSSR count). The molecule has 4 heterocycles. The highest BCUT2D eigenvalue weighted by molar-refractivity contribution is 8.24. The Bertz CT molecular complexity index is 924. The number of hydrogen-bond donors (Lipinski definition) is 4. The average molecular weight is 411 g/mol. The van der Waals surface area contributed by atoms with E-state index >= 15 is 0 Å². The molecule has 0 aliphatic carbocycles. The summed E-state index contributed by atoms with van der Waals surface area (Å²) in [6.07, 6.45) is 2.15. The molecule has 2 aromatic rings. The highest BCUT2D eigenvalue weighted by Gasteiger charge is 2.27. The Balaban J connectivity index is 1.56. The fourth-order valence-corrected chi connectivity index (χ4v) is 5.30. The molecule has 0 spiro atoms. The van der Waals surface area contributed by atoms with Crippen LogP contribution in [0.2, 0.25) is 0 Å². The summed E-state index contributed by atoms with van der Waals surface area (Å²) in [5, 5.41) is 13.6. The summed E-state index contributed by atoms with van der Waals surface area (Å²) in [5.74, 6) is 0.822. The van der Waals surface area contributed by atoms with Crippen molar-refractivity contribution in [3.63, 3.8) is 0 Å². The minimum absolute atomic E-state index is 0.0798. The van der Waals surface area contributed by atoms with Crippen molar-refractivity contribution >= 4 is 22.3 Å². The number of aromatic amines is 1. The maximum Gasteiger partial charge on any atom is 0.407 e. The van der Waals surface area contributed by atoms with E-state index in [1.54, 1.807) is 16.8 Å². The fourth-order valence-electron chi connectivity index (χ4n) is 4.00. The number of nitrogens with one attached hydrogen (secondary N) is 1. The van der Waals surface area contributed by atoms with E-state index in [1.165, 1.54) is 4.90 Å². The number of hydrogen-bond acceptors (Lipinski definition) is 6. The number of amides is 1. The number of carboxylic acid groups (broad SMARTS) is 1. The van der Waals surface area contributed by atoms with Crippen LogP contribution in [0.3, 0.4) is 0 Å². The van der Waals surface area contributed by atoms with Crippen LogP contribution < -0.4 is 5.56 Å². The number of fused-ring (bicyclic) bond motifs is 1. The van der Waals surface area contributed by atoms with Crippen LogP contribution in [-0.2, 0) is 6.54 Å². The van der Waals surface area contributed by atoms with Gasteiger partial charge in [0.05, 0.1) is 23.4 Å². The van der Waals surface area contributed by atoms with Gasteiger partial charge in [0.1, 0.15) is 5.65 Å². The number of carbonyl (C=O) groups is 1. The Kier molecular flexibility index (Phi) is 5.08. The normalized spacial score (nSPS) is 22.4. The second kappa shape index (κ2) is 7.39. The molecule has 154 valence electrons. The first-order valence-electron chi connectivity index (χ1n) is 9.36. The Hall–Kier alpha value is -2.08. The molecule has 28 heavy (non-hydrogen) atoms. The third-order valence-corrected chi connectivity index (χ3v) is 7.33. The van der Waals surface area contributed by atoms with Crippen LogP contribution in [0, 0.1) is 0 Å². The third-order valence-electron chi connectivity index (χ3n) is 5.66. The van der Waals surface area contributed by atoms with Gasteiger partial charge in [-0.25, -0.2) is 9.31 Å². The van der Waals surface area contributed by atoms with Crippen molar-refractivity contribution in [3.8, 4) is 0 Å². The Morgan fingerprint density at radius 1 is 1.21 bits per heavy atom. The molecule has 2 saturated heterocycles. The smallest absolute Gasteiger partial charge is 0.407 e. The largest absolute Gasteiger partial charge is 0.465 e. The van der Waals surface area contributed by atoms with Gasteiger partial charge in [-0.05, 0) is 12.8 Å². The molecule has 2 aliphatic rings. The molecule has 2 fully saturated rings. The molecule has 0 aromatic carbocycles. The zero-order chi connectivity index (χ0) is 19.9. The van der Waals surface area contributed by atoms with Gasteiger partial charge in [-0.15, -0.1) is 0 Å². The fraction of sp³-hybridized carbons (Fsp3) is 0.588. The van der Waals surface area contributed by atoms with E-state index in [1.807, 2.05) is 0 Å².